The van der Waals surface area contributed by atoms with Crippen LogP contribution in [0.25, 0.3) is 0 Å². The molecule has 1 aliphatic rings. The van der Waals surface area contributed by atoms with Crippen molar-refractivity contribution >= 4 is 46.9 Å². The van der Waals surface area contributed by atoms with E-state index in [9.17, 15) is 19.2 Å². The lowest BCUT2D eigenvalue weighted by molar-refractivity contribution is -0.158. The lowest BCUT2D eigenvalue weighted by Gasteiger charge is -2.41. The molecule has 1 saturated heterocycles. The van der Waals surface area contributed by atoms with Crippen molar-refractivity contribution in [3.8, 4) is 5.75 Å². The number of carbonyl (C=O) groups excluding carboxylic acids is 4. The third-order valence-electron chi connectivity index (χ3n) is 7.85. The quantitative estimate of drug-likeness (QED) is 0.230. The van der Waals surface area contributed by atoms with Crippen molar-refractivity contribution in [3.05, 3.63) is 87.1 Å². The third-order valence-corrected chi connectivity index (χ3v) is 9.03. The molecule has 0 bridgehead atoms. The molecule has 1 aliphatic heterocycles. The average Bonchev–Trinajstić information content (AvgIpc) is 3.54. The van der Waals surface area contributed by atoms with Crippen LogP contribution in [-0.2, 0) is 38.4 Å². The maximum Gasteiger partial charge on any atom is 0.246 e. The summed E-state index contributed by atoms with van der Waals surface area (Å²) in [6.07, 6.45) is 2.74. The Balaban J connectivity index is 1.52. The molecule has 0 radical (unpaired) electrons. The zero-order chi connectivity index (χ0) is 30.8. The summed E-state index contributed by atoms with van der Waals surface area (Å²) in [7, 11) is 1.61. The number of aldehydes is 1. The number of piperazine rings is 1. The number of methoxy groups -OCH3 is 1. The molecule has 4 rings (SSSR count). The van der Waals surface area contributed by atoms with E-state index >= 15 is 0 Å². The SMILES string of the molecule is CCC(C=O)N(CCc1ccc(Cl)cc1)C(=O)CC1C(=O)N(CCc2ccc(OC)cc2)CC(=O)N1CCc1cccs1. The first kappa shape index (κ1) is 32.2. The van der Waals surface area contributed by atoms with E-state index in [1.165, 1.54) is 0 Å². The monoisotopic (exact) mass is 623 g/mol. The first-order chi connectivity index (χ1) is 20.8. The number of halogens is 1. The maximum absolute atomic E-state index is 13.9. The predicted molar refractivity (Wildman–Crippen MR) is 168 cm³/mol. The standard InChI is InChI=1S/C33H38ClN3O5S/c1-3-27(23-38)36(18-15-24-6-10-26(34)11-7-24)31(39)21-30-33(41)35(17-14-25-8-12-28(42-2)13-9-25)22-32(40)37(30)19-16-29-5-4-20-43-29/h4-13,20,23,27,30H,3,14-19,21-22H2,1-2H3. The molecule has 2 heterocycles. The fourth-order valence-corrected chi connectivity index (χ4v) is 6.13. The van der Waals surface area contributed by atoms with Crippen LogP contribution in [0.5, 0.6) is 5.75 Å². The van der Waals surface area contributed by atoms with E-state index in [1.807, 2.05) is 60.8 Å². The zero-order valence-electron chi connectivity index (χ0n) is 24.6. The molecule has 0 aliphatic carbocycles. The fourth-order valence-electron chi connectivity index (χ4n) is 5.31. The van der Waals surface area contributed by atoms with Gasteiger partial charge < -0.3 is 24.2 Å². The van der Waals surface area contributed by atoms with E-state index in [2.05, 4.69) is 0 Å². The maximum atomic E-state index is 13.9. The van der Waals surface area contributed by atoms with Gasteiger partial charge >= 0.3 is 0 Å². The lowest BCUT2D eigenvalue weighted by atomic mass is 10.0. The van der Waals surface area contributed by atoms with Crippen LogP contribution in [0.3, 0.4) is 0 Å². The van der Waals surface area contributed by atoms with Crippen LogP contribution in [0, 0.1) is 0 Å². The summed E-state index contributed by atoms with van der Waals surface area (Å²) < 4.78 is 5.23. The van der Waals surface area contributed by atoms with Crippen molar-refractivity contribution in [1.82, 2.24) is 14.7 Å². The van der Waals surface area contributed by atoms with Gasteiger partial charge in [0.2, 0.25) is 17.7 Å². The number of carbonyl (C=O) groups is 4. The number of hydrogen-bond donors (Lipinski definition) is 0. The molecule has 43 heavy (non-hydrogen) atoms. The van der Waals surface area contributed by atoms with E-state index in [4.69, 9.17) is 16.3 Å². The summed E-state index contributed by atoms with van der Waals surface area (Å²) in [6, 6.07) is 17.4. The van der Waals surface area contributed by atoms with Gasteiger partial charge in [0.25, 0.3) is 0 Å². The second kappa shape index (κ2) is 15.7. The molecule has 3 amide bonds. The molecule has 2 unspecified atom stereocenters. The Kier molecular flexibility index (Phi) is 11.8. The van der Waals surface area contributed by atoms with Gasteiger partial charge in [-0.2, -0.15) is 0 Å². The molecule has 1 fully saturated rings. The molecule has 0 N–H and O–H groups in total. The van der Waals surface area contributed by atoms with E-state index in [1.54, 1.807) is 45.3 Å². The highest BCUT2D eigenvalue weighted by atomic mass is 35.5. The third kappa shape index (κ3) is 8.67. The van der Waals surface area contributed by atoms with Crippen LogP contribution in [0.2, 0.25) is 5.02 Å². The predicted octanol–water partition coefficient (Wildman–Crippen LogP) is 4.67. The first-order valence-corrected chi connectivity index (χ1v) is 15.8. The second-order valence-electron chi connectivity index (χ2n) is 10.6. The molecule has 0 saturated carbocycles. The van der Waals surface area contributed by atoms with Crippen LogP contribution in [0.15, 0.2) is 66.0 Å². The summed E-state index contributed by atoms with van der Waals surface area (Å²) in [5.74, 6) is -0.00488. The molecule has 0 spiro atoms. The van der Waals surface area contributed by atoms with Gasteiger partial charge in [-0.25, -0.2) is 0 Å². The van der Waals surface area contributed by atoms with Gasteiger partial charge in [-0.15, -0.1) is 11.3 Å². The fraction of sp³-hybridized carbons (Fsp3) is 0.394. The van der Waals surface area contributed by atoms with Gasteiger partial charge in [0.05, 0.1) is 26.1 Å². The molecular formula is C33H38ClN3O5S. The van der Waals surface area contributed by atoms with Crippen LogP contribution in [0.1, 0.15) is 35.8 Å². The molecule has 1 aromatic heterocycles. The Bertz CT molecular complexity index is 1360. The topological polar surface area (TPSA) is 87.2 Å². The van der Waals surface area contributed by atoms with E-state index < -0.39 is 12.1 Å². The number of benzene rings is 2. The Morgan fingerprint density at radius 1 is 1.05 bits per heavy atom. The van der Waals surface area contributed by atoms with Crippen molar-refractivity contribution in [2.75, 3.05) is 33.3 Å². The van der Waals surface area contributed by atoms with Crippen LogP contribution >= 0.6 is 22.9 Å². The normalized spacial score (nSPS) is 15.8. The van der Waals surface area contributed by atoms with E-state index in [0.717, 1.165) is 28.0 Å². The van der Waals surface area contributed by atoms with Crippen molar-refractivity contribution in [3.63, 3.8) is 0 Å². The van der Waals surface area contributed by atoms with Crippen molar-refractivity contribution in [2.45, 2.75) is 51.1 Å². The molecule has 3 aromatic rings. The van der Waals surface area contributed by atoms with Crippen molar-refractivity contribution < 1.29 is 23.9 Å². The van der Waals surface area contributed by atoms with Crippen molar-refractivity contribution in [2.24, 2.45) is 0 Å². The van der Waals surface area contributed by atoms with E-state index in [-0.39, 0.29) is 30.7 Å². The molecular weight excluding hydrogens is 586 g/mol. The number of rotatable bonds is 15. The summed E-state index contributed by atoms with van der Waals surface area (Å²) >= 11 is 7.62. The number of hydrogen-bond acceptors (Lipinski definition) is 6. The van der Waals surface area contributed by atoms with E-state index in [0.29, 0.717) is 50.3 Å². The molecule has 8 nitrogen and oxygen atoms in total. The van der Waals surface area contributed by atoms with Gasteiger partial charge in [-0.1, -0.05) is 48.9 Å². The molecule has 10 heteroatoms. The Morgan fingerprint density at radius 3 is 2.37 bits per heavy atom. The molecule has 228 valence electrons. The number of amides is 3. The Hall–Kier alpha value is -3.69. The van der Waals surface area contributed by atoms with Crippen LogP contribution < -0.4 is 4.74 Å². The van der Waals surface area contributed by atoms with Crippen LogP contribution in [0.4, 0.5) is 0 Å². The van der Waals surface area contributed by atoms with Gasteiger partial charge in [0, 0.05) is 29.5 Å². The summed E-state index contributed by atoms with van der Waals surface area (Å²) in [5.41, 5.74) is 1.99. The highest BCUT2D eigenvalue weighted by Crippen LogP contribution is 2.22. The van der Waals surface area contributed by atoms with Crippen LogP contribution in [-0.4, -0.2) is 84.1 Å². The smallest absolute Gasteiger partial charge is 0.246 e. The minimum Gasteiger partial charge on any atom is -0.497 e. The van der Waals surface area contributed by atoms with Crippen molar-refractivity contribution in [1.29, 1.82) is 0 Å². The minimum atomic E-state index is -0.938. The summed E-state index contributed by atoms with van der Waals surface area (Å²) in [4.78, 5) is 59.0. The lowest BCUT2D eigenvalue weighted by Crippen LogP contribution is -2.61. The zero-order valence-corrected chi connectivity index (χ0v) is 26.2. The first-order valence-electron chi connectivity index (χ1n) is 14.6. The Labute approximate surface area is 262 Å². The summed E-state index contributed by atoms with van der Waals surface area (Å²) in [6.45, 7) is 2.82. The number of ether oxygens (including phenoxy) is 1. The largest absolute Gasteiger partial charge is 0.497 e. The van der Waals surface area contributed by atoms with Gasteiger partial charge in [-0.05, 0) is 72.5 Å². The number of thiophene rings is 1. The average molecular weight is 624 g/mol. The minimum absolute atomic E-state index is 0.0314. The Morgan fingerprint density at radius 2 is 1.74 bits per heavy atom. The highest BCUT2D eigenvalue weighted by molar-refractivity contribution is 7.09. The van der Waals surface area contributed by atoms with Gasteiger partial charge in [0.1, 0.15) is 18.1 Å². The second-order valence-corrected chi connectivity index (χ2v) is 12.0. The highest BCUT2D eigenvalue weighted by Gasteiger charge is 2.41. The summed E-state index contributed by atoms with van der Waals surface area (Å²) in [5, 5.41) is 2.60. The number of nitrogens with zero attached hydrogens (tertiary/aromatic N) is 3. The molecule has 2 aromatic carbocycles. The molecule has 2 atom stereocenters. The van der Waals surface area contributed by atoms with Gasteiger partial charge in [-0.3, -0.25) is 14.4 Å². The van der Waals surface area contributed by atoms with Gasteiger partial charge in [0.15, 0.2) is 0 Å².